The minimum Gasteiger partial charge on any atom is -0.459 e. The molecule has 3 rings (SSSR count). The normalized spacial score (nSPS) is 10.6. The molecule has 8 heteroatoms. The van der Waals surface area contributed by atoms with E-state index in [1.165, 1.54) is 6.26 Å². The van der Waals surface area contributed by atoms with Crippen molar-refractivity contribution in [2.45, 2.75) is 19.9 Å². The van der Waals surface area contributed by atoms with Gasteiger partial charge in [-0.15, -0.1) is 11.3 Å². The van der Waals surface area contributed by atoms with E-state index in [0.29, 0.717) is 11.5 Å². The Balaban J connectivity index is 1.40. The molecule has 0 aliphatic carbocycles. The molecule has 0 radical (unpaired) electrons. The smallest absolute Gasteiger partial charge is 0.286 e. The standard InChI is InChI=1S/C17H17N3O4S/c1-11-20-13(10-25-11)14-5-4-12(24-14)9-19-16(21)6-7-18-17(22)15-3-2-8-23-15/h2-5,8,10H,6-7,9H2,1H3,(H,18,22)(H,19,21). The molecule has 2 amide bonds. The predicted octanol–water partition coefficient (Wildman–Crippen LogP) is 2.74. The van der Waals surface area contributed by atoms with Gasteiger partial charge in [0.15, 0.2) is 11.5 Å². The van der Waals surface area contributed by atoms with Crippen LogP contribution in [0, 0.1) is 6.92 Å². The topological polar surface area (TPSA) is 97.4 Å². The van der Waals surface area contributed by atoms with Crippen molar-refractivity contribution in [1.29, 1.82) is 0 Å². The molecule has 0 aliphatic rings. The van der Waals surface area contributed by atoms with Crippen LogP contribution in [0.2, 0.25) is 0 Å². The van der Waals surface area contributed by atoms with E-state index < -0.39 is 0 Å². The highest BCUT2D eigenvalue weighted by Crippen LogP contribution is 2.23. The zero-order chi connectivity index (χ0) is 17.6. The Labute approximate surface area is 148 Å². The molecule has 0 saturated carbocycles. The number of hydrogen-bond donors (Lipinski definition) is 2. The van der Waals surface area contributed by atoms with Gasteiger partial charge in [-0.05, 0) is 31.2 Å². The number of aryl methyl sites for hydroxylation is 1. The fourth-order valence-corrected chi connectivity index (χ4v) is 2.75. The van der Waals surface area contributed by atoms with Crippen LogP contribution in [0.4, 0.5) is 0 Å². The van der Waals surface area contributed by atoms with E-state index in [1.807, 2.05) is 24.4 Å². The number of hydrogen-bond acceptors (Lipinski definition) is 6. The van der Waals surface area contributed by atoms with Crippen LogP contribution in [0.3, 0.4) is 0 Å². The quantitative estimate of drug-likeness (QED) is 0.676. The molecule has 130 valence electrons. The van der Waals surface area contributed by atoms with Crippen LogP contribution in [0.15, 0.2) is 44.7 Å². The number of nitrogens with zero attached hydrogens (tertiary/aromatic N) is 1. The highest BCUT2D eigenvalue weighted by molar-refractivity contribution is 7.09. The molecule has 0 bridgehead atoms. The maximum Gasteiger partial charge on any atom is 0.286 e. The van der Waals surface area contributed by atoms with Crippen molar-refractivity contribution in [2.75, 3.05) is 6.54 Å². The largest absolute Gasteiger partial charge is 0.459 e. The number of rotatable bonds is 7. The van der Waals surface area contributed by atoms with E-state index in [9.17, 15) is 9.59 Å². The predicted molar refractivity (Wildman–Crippen MR) is 92.1 cm³/mol. The summed E-state index contributed by atoms with van der Waals surface area (Å²) in [6.07, 6.45) is 1.59. The fourth-order valence-electron chi connectivity index (χ4n) is 2.15. The third-order valence-electron chi connectivity index (χ3n) is 3.38. The molecule has 3 aromatic heterocycles. The Morgan fingerprint density at radius 1 is 1.24 bits per heavy atom. The molecule has 25 heavy (non-hydrogen) atoms. The minimum absolute atomic E-state index is 0.172. The van der Waals surface area contributed by atoms with Crippen molar-refractivity contribution in [3.05, 3.63) is 52.4 Å². The Hall–Kier alpha value is -2.87. The van der Waals surface area contributed by atoms with E-state index >= 15 is 0 Å². The summed E-state index contributed by atoms with van der Waals surface area (Å²) >= 11 is 1.56. The molecule has 0 spiro atoms. The number of amides is 2. The van der Waals surface area contributed by atoms with Crippen molar-refractivity contribution in [3.63, 3.8) is 0 Å². The highest BCUT2D eigenvalue weighted by atomic mass is 32.1. The third-order valence-corrected chi connectivity index (χ3v) is 4.15. The lowest BCUT2D eigenvalue weighted by molar-refractivity contribution is -0.121. The van der Waals surface area contributed by atoms with Crippen LogP contribution in [-0.2, 0) is 11.3 Å². The first-order valence-corrected chi connectivity index (χ1v) is 8.59. The van der Waals surface area contributed by atoms with Gasteiger partial charge in [0.25, 0.3) is 5.91 Å². The minimum atomic E-state index is -0.341. The molecular weight excluding hydrogens is 342 g/mol. The molecule has 7 nitrogen and oxygen atoms in total. The number of aromatic nitrogens is 1. The van der Waals surface area contributed by atoms with E-state index in [-0.39, 0.29) is 37.1 Å². The number of nitrogens with one attached hydrogen (secondary N) is 2. The second-order valence-electron chi connectivity index (χ2n) is 5.28. The van der Waals surface area contributed by atoms with E-state index in [0.717, 1.165) is 10.7 Å². The highest BCUT2D eigenvalue weighted by Gasteiger charge is 2.10. The lowest BCUT2D eigenvalue weighted by atomic mass is 10.3. The Bertz CT molecular complexity index is 851. The summed E-state index contributed by atoms with van der Waals surface area (Å²) < 4.78 is 10.6. The van der Waals surface area contributed by atoms with Gasteiger partial charge in [-0.2, -0.15) is 0 Å². The number of thiazole rings is 1. The van der Waals surface area contributed by atoms with Crippen LogP contribution < -0.4 is 10.6 Å². The number of carbonyl (C=O) groups excluding carboxylic acids is 2. The van der Waals surface area contributed by atoms with Gasteiger partial charge in [0.05, 0.1) is 17.8 Å². The Morgan fingerprint density at radius 3 is 2.84 bits per heavy atom. The van der Waals surface area contributed by atoms with E-state index in [2.05, 4.69) is 15.6 Å². The van der Waals surface area contributed by atoms with E-state index in [1.54, 1.807) is 23.5 Å². The maximum atomic E-state index is 11.8. The van der Waals surface area contributed by atoms with Crippen LogP contribution in [0.5, 0.6) is 0 Å². The summed E-state index contributed by atoms with van der Waals surface area (Å²) in [7, 11) is 0. The van der Waals surface area contributed by atoms with Gasteiger partial charge in [0.1, 0.15) is 11.5 Å². The van der Waals surface area contributed by atoms with Gasteiger partial charge in [-0.25, -0.2) is 4.98 Å². The molecule has 0 saturated heterocycles. The average Bonchev–Trinajstić information content (AvgIpc) is 3.34. The van der Waals surface area contributed by atoms with Gasteiger partial charge in [-0.1, -0.05) is 0 Å². The second kappa shape index (κ2) is 7.80. The maximum absolute atomic E-state index is 11.8. The van der Waals surface area contributed by atoms with Crippen LogP contribution in [0.25, 0.3) is 11.5 Å². The van der Waals surface area contributed by atoms with Gasteiger partial charge in [0.2, 0.25) is 5.91 Å². The fraction of sp³-hybridized carbons (Fsp3) is 0.235. The summed E-state index contributed by atoms with van der Waals surface area (Å²) in [5.74, 6) is 1.03. The third kappa shape index (κ3) is 4.57. The van der Waals surface area contributed by atoms with Crippen molar-refractivity contribution >= 4 is 23.2 Å². The van der Waals surface area contributed by atoms with E-state index in [4.69, 9.17) is 8.83 Å². The first kappa shape index (κ1) is 17.0. The lowest BCUT2D eigenvalue weighted by Crippen LogP contribution is -2.30. The Kier molecular flexibility index (Phi) is 5.30. The van der Waals surface area contributed by atoms with Gasteiger partial charge < -0.3 is 19.5 Å². The molecule has 0 fully saturated rings. The first-order chi connectivity index (χ1) is 12.1. The lowest BCUT2D eigenvalue weighted by Gasteiger charge is -2.04. The van der Waals surface area contributed by atoms with Crippen molar-refractivity contribution in [3.8, 4) is 11.5 Å². The van der Waals surface area contributed by atoms with Crippen molar-refractivity contribution < 1.29 is 18.4 Å². The molecule has 0 aromatic carbocycles. The van der Waals surface area contributed by atoms with Crippen LogP contribution in [0.1, 0.15) is 27.7 Å². The van der Waals surface area contributed by atoms with Crippen LogP contribution >= 0.6 is 11.3 Å². The van der Waals surface area contributed by atoms with Gasteiger partial charge >= 0.3 is 0 Å². The Morgan fingerprint density at radius 2 is 2.12 bits per heavy atom. The average molecular weight is 359 g/mol. The molecule has 0 atom stereocenters. The van der Waals surface area contributed by atoms with Gasteiger partial charge in [-0.3, -0.25) is 9.59 Å². The summed E-state index contributed by atoms with van der Waals surface area (Å²) in [5.41, 5.74) is 0.792. The molecule has 3 heterocycles. The molecule has 3 aromatic rings. The summed E-state index contributed by atoms with van der Waals surface area (Å²) in [6.45, 7) is 2.45. The van der Waals surface area contributed by atoms with Gasteiger partial charge in [0, 0.05) is 18.3 Å². The van der Waals surface area contributed by atoms with Crippen LogP contribution in [-0.4, -0.2) is 23.3 Å². The summed E-state index contributed by atoms with van der Waals surface area (Å²) in [5, 5.41) is 8.27. The SMILES string of the molecule is Cc1nc(-c2ccc(CNC(=O)CCNC(=O)c3ccco3)o2)cs1. The number of furan rings is 2. The second-order valence-corrected chi connectivity index (χ2v) is 6.34. The summed E-state index contributed by atoms with van der Waals surface area (Å²) in [4.78, 5) is 27.8. The summed E-state index contributed by atoms with van der Waals surface area (Å²) in [6, 6.07) is 6.84. The zero-order valence-corrected chi connectivity index (χ0v) is 14.4. The van der Waals surface area contributed by atoms with Crippen molar-refractivity contribution in [1.82, 2.24) is 15.6 Å². The van der Waals surface area contributed by atoms with Crippen molar-refractivity contribution in [2.24, 2.45) is 0 Å². The molecule has 2 N–H and O–H groups in total. The monoisotopic (exact) mass is 359 g/mol. The number of carbonyl (C=O) groups is 2. The first-order valence-electron chi connectivity index (χ1n) is 7.71. The molecule has 0 aliphatic heterocycles. The molecule has 0 unspecified atom stereocenters. The zero-order valence-electron chi connectivity index (χ0n) is 13.6. The molecular formula is C17H17N3O4S.